The van der Waals surface area contributed by atoms with E-state index in [2.05, 4.69) is 9.71 Å². The minimum Gasteiger partial charge on any atom is -0.542 e. The maximum absolute atomic E-state index is 13.4. The number of amidine groups is 1. The van der Waals surface area contributed by atoms with Crippen molar-refractivity contribution in [2.75, 3.05) is 14.2 Å². The molecule has 0 spiro atoms. The van der Waals surface area contributed by atoms with E-state index in [1.807, 2.05) is 35.6 Å². The number of methoxy groups -OCH3 is 2. The fraction of sp³-hybridized carbons (Fsp3) is 0.370. The van der Waals surface area contributed by atoms with Crippen LogP contribution >= 0.6 is 0 Å². The molecule has 1 atom stereocenters. The predicted octanol–water partition coefficient (Wildman–Crippen LogP) is 2.16. The average molecular weight is 600 g/mol. The van der Waals surface area contributed by atoms with E-state index in [4.69, 9.17) is 19.4 Å². The van der Waals surface area contributed by atoms with Crippen LogP contribution in [0.25, 0.3) is 5.70 Å². The summed E-state index contributed by atoms with van der Waals surface area (Å²) in [5.74, 6) is -1.55. The number of nitrogens with one attached hydrogen (secondary N) is 1. The number of hydrogen-bond acceptors (Lipinski definition) is 8. The molecule has 1 aliphatic heterocycles. The van der Waals surface area contributed by atoms with Crippen LogP contribution in [0.2, 0.25) is 0 Å². The summed E-state index contributed by atoms with van der Waals surface area (Å²) in [6, 6.07) is 14.0. The topological polar surface area (TPSA) is 151 Å². The molecule has 0 aromatic heterocycles. The van der Waals surface area contributed by atoms with Crippen molar-refractivity contribution in [3.8, 4) is 11.5 Å². The Balaban J connectivity index is 0.000000745. The second kappa shape index (κ2) is 15.3. The number of Topliss-reactive ketones (excluding diaryl/α,β-unsaturated/α-hetero) is 1. The number of carbonyl (C=O) groups excluding carboxylic acids is 2. The van der Waals surface area contributed by atoms with E-state index < -0.39 is 28.2 Å². The molecule has 0 unspecified atom stereocenters. The van der Waals surface area contributed by atoms with Crippen LogP contribution in [0.15, 0.2) is 64.6 Å². The maximum atomic E-state index is 13.4. The number of carboxylic acids is 1. The van der Waals surface area contributed by atoms with E-state index in [0.717, 1.165) is 30.5 Å². The van der Waals surface area contributed by atoms with Gasteiger partial charge < -0.3 is 24.2 Å². The number of unbranched alkanes of at least 4 members (excludes halogenated alkanes) is 2. The maximum Gasteiger partial charge on any atom is 0.430 e. The van der Waals surface area contributed by atoms with Crippen LogP contribution in [0, 0.1) is 0 Å². The third-order valence-corrected chi connectivity index (χ3v) is 7.32. The minimum atomic E-state index is -5.19. The lowest BCUT2D eigenvalue weighted by Gasteiger charge is -2.19. The number of nitrogens with two attached hydrogens (primary N) is 1. The molecule has 0 saturated carbocycles. The molecular formula is C27H32F3N3O7S. The normalized spacial score (nSPS) is 13.8. The number of rotatable bonds is 13. The van der Waals surface area contributed by atoms with Gasteiger partial charge >= 0.3 is 6.18 Å². The highest BCUT2D eigenvalue weighted by Gasteiger charge is 2.32. The van der Waals surface area contributed by atoms with Gasteiger partial charge in [0.1, 0.15) is 34.2 Å². The summed E-state index contributed by atoms with van der Waals surface area (Å²) in [4.78, 5) is 24.6. The van der Waals surface area contributed by atoms with Crippen molar-refractivity contribution in [2.24, 2.45) is 4.99 Å². The van der Waals surface area contributed by atoms with Crippen LogP contribution in [0.5, 0.6) is 11.5 Å². The zero-order chi connectivity index (χ0) is 30.6. The fourth-order valence-corrected chi connectivity index (χ4v) is 5.20. The van der Waals surface area contributed by atoms with Crippen LogP contribution in [-0.4, -0.2) is 52.4 Å². The summed E-state index contributed by atoms with van der Waals surface area (Å²) in [5.41, 5.74) is 1.94. The molecule has 224 valence electrons. The van der Waals surface area contributed by atoms with Crippen molar-refractivity contribution in [3.05, 3.63) is 60.3 Å². The van der Waals surface area contributed by atoms with Crippen LogP contribution in [0.4, 0.5) is 13.2 Å². The number of benzene rings is 2. The van der Waals surface area contributed by atoms with Gasteiger partial charge in [-0.2, -0.15) is 17.9 Å². The van der Waals surface area contributed by atoms with Crippen molar-refractivity contribution in [3.63, 3.8) is 0 Å². The predicted molar refractivity (Wildman–Crippen MR) is 142 cm³/mol. The van der Waals surface area contributed by atoms with Gasteiger partial charge in [-0.1, -0.05) is 31.0 Å². The third-order valence-electron chi connectivity index (χ3n) is 5.83. The van der Waals surface area contributed by atoms with Crippen molar-refractivity contribution in [2.45, 2.75) is 56.1 Å². The largest absolute Gasteiger partial charge is 0.542 e. The number of ketones is 1. The van der Waals surface area contributed by atoms with Crippen molar-refractivity contribution in [1.82, 2.24) is 4.72 Å². The molecule has 0 amide bonds. The van der Waals surface area contributed by atoms with Crippen molar-refractivity contribution < 1.29 is 51.1 Å². The molecule has 1 aliphatic rings. The Morgan fingerprint density at radius 3 is 2.27 bits per heavy atom. The fourth-order valence-electron chi connectivity index (χ4n) is 3.77. The van der Waals surface area contributed by atoms with Crippen molar-refractivity contribution in [1.29, 1.82) is 0 Å². The number of sulfonamides is 1. The van der Waals surface area contributed by atoms with Gasteiger partial charge in [0.25, 0.3) is 0 Å². The molecule has 14 heteroatoms. The lowest BCUT2D eigenvalue weighted by atomic mass is 10.1. The van der Waals surface area contributed by atoms with Gasteiger partial charge in [0.2, 0.25) is 15.9 Å². The summed E-state index contributed by atoms with van der Waals surface area (Å²) in [5, 5.41) is 10.7. The highest BCUT2D eigenvalue weighted by Crippen LogP contribution is 2.28. The Labute approximate surface area is 236 Å². The molecule has 0 fully saturated rings. The summed E-state index contributed by atoms with van der Waals surface area (Å²) in [7, 11) is -1.03. The first-order chi connectivity index (χ1) is 19.3. The van der Waals surface area contributed by atoms with Crippen molar-refractivity contribution >= 4 is 33.3 Å². The molecule has 1 heterocycles. The van der Waals surface area contributed by atoms with E-state index >= 15 is 0 Å². The summed E-state index contributed by atoms with van der Waals surface area (Å²) >= 11 is 0. The number of carboxylic acid groups (broad SMARTS) is 1. The van der Waals surface area contributed by atoms with Crippen LogP contribution in [-0.2, 0) is 19.6 Å². The monoisotopic (exact) mass is 599 g/mol. The number of aliphatic imine (C=N–C) groups is 1. The third kappa shape index (κ3) is 10.6. The molecule has 2 aromatic carbocycles. The molecule has 0 bridgehead atoms. The lowest BCUT2D eigenvalue weighted by molar-refractivity contribution is -0.434. The summed E-state index contributed by atoms with van der Waals surface area (Å²) in [6.07, 6.45) is 0.00465. The molecule has 0 radical (unpaired) electrons. The van der Waals surface area contributed by atoms with E-state index in [1.165, 1.54) is 20.3 Å². The molecule has 3 rings (SSSR count). The molecule has 41 heavy (non-hydrogen) atoms. The Morgan fingerprint density at radius 1 is 1.05 bits per heavy atom. The molecule has 3 N–H and O–H groups in total. The molecule has 0 aliphatic carbocycles. The molecule has 2 aromatic rings. The van der Waals surface area contributed by atoms with Gasteiger partial charge in [-0.05, 0) is 44.0 Å². The average Bonchev–Trinajstić information content (AvgIpc) is 3.42. The minimum absolute atomic E-state index is 0.00534. The Morgan fingerprint density at radius 2 is 1.71 bits per heavy atom. The Hall–Kier alpha value is -3.75. The number of quaternary nitrogens is 1. The van der Waals surface area contributed by atoms with E-state index in [1.54, 1.807) is 25.3 Å². The second-order valence-corrected chi connectivity index (χ2v) is 10.6. The van der Waals surface area contributed by atoms with E-state index in [9.17, 15) is 26.4 Å². The van der Waals surface area contributed by atoms with Crippen LogP contribution in [0.1, 0.15) is 44.6 Å². The molecule has 10 nitrogen and oxygen atoms in total. The van der Waals surface area contributed by atoms with Gasteiger partial charge in [0.15, 0.2) is 5.70 Å². The zero-order valence-electron chi connectivity index (χ0n) is 22.7. The van der Waals surface area contributed by atoms with Crippen LogP contribution < -0.4 is 24.6 Å². The van der Waals surface area contributed by atoms with Gasteiger partial charge in [0.05, 0.1) is 20.4 Å². The number of halogens is 3. The number of carbonyl (C=O) groups is 2. The number of aliphatic carboxylic acids is 1. The first kappa shape index (κ1) is 33.5. The molecule has 0 saturated heterocycles. The van der Waals surface area contributed by atoms with Crippen LogP contribution in [0.3, 0.4) is 0 Å². The Bertz CT molecular complexity index is 1360. The number of hydrogen-bond donors (Lipinski definition) is 2. The number of alkyl halides is 3. The van der Waals surface area contributed by atoms with Gasteiger partial charge in [0, 0.05) is 18.1 Å². The Kier molecular flexibility index (Phi) is 12.5. The highest BCUT2D eigenvalue weighted by molar-refractivity contribution is 7.89. The highest BCUT2D eigenvalue weighted by atomic mass is 32.2. The number of ether oxygens (including phenoxy) is 2. The number of nitrogens with zero attached hydrogens (tertiary/aromatic N) is 1. The van der Waals surface area contributed by atoms with E-state index in [-0.39, 0.29) is 16.4 Å². The second-order valence-electron chi connectivity index (χ2n) is 8.93. The lowest BCUT2D eigenvalue weighted by Crippen LogP contribution is -2.87. The first-order valence-corrected chi connectivity index (χ1v) is 14.0. The smallest absolute Gasteiger partial charge is 0.430 e. The van der Waals surface area contributed by atoms with Gasteiger partial charge in [-0.3, -0.25) is 5.32 Å². The zero-order valence-corrected chi connectivity index (χ0v) is 23.5. The standard InChI is InChI=1S/C25H31N3O5S.C2HF3O2/c1-18(29)10-6-4-9-13-21(25-26-17-22(27-25)19-11-7-5-8-12-19)28-34(30,31)24-16-20(32-2)14-15-23(24)33-3;3-2(4,5)1(6)7/h5,7-8,11-12,14-17,21,28H,4,6,9-10,13H2,1-3H3,(H,26,27);(H,6,7)/t21-;/m0./s1. The first-order valence-electron chi connectivity index (χ1n) is 12.5. The summed E-state index contributed by atoms with van der Waals surface area (Å²) < 4.78 is 71.7. The molecular weight excluding hydrogens is 567 g/mol. The van der Waals surface area contributed by atoms with E-state index in [0.29, 0.717) is 24.4 Å². The quantitative estimate of drug-likeness (QED) is 0.335. The van der Waals surface area contributed by atoms with Gasteiger partial charge in [-0.25, -0.2) is 13.4 Å². The van der Waals surface area contributed by atoms with Gasteiger partial charge in [-0.15, -0.1) is 0 Å². The SMILES string of the molecule is COc1ccc(OC)c(S(=O)(=O)N[C@@H](CCCCCC(C)=O)C2=NC=C(c3ccccc3)[NH2+]2)c1.O=C([O-])C(F)(F)F. The summed E-state index contributed by atoms with van der Waals surface area (Å²) in [6.45, 7) is 1.58.